The van der Waals surface area contributed by atoms with E-state index in [1.54, 1.807) is 17.0 Å². The van der Waals surface area contributed by atoms with Crippen LogP contribution < -0.4 is 4.90 Å². The van der Waals surface area contributed by atoms with Gasteiger partial charge in [-0.15, -0.1) is 0 Å². The Morgan fingerprint density at radius 2 is 2.00 bits per heavy atom. The normalized spacial score (nSPS) is 18.9. The first-order chi connectivity index (χ1) is 8.91. The van der Waals surface area contributed by atoms with Gasteiger partial charge >= 0.3 is 5.97 Å². The van der Waals surface area contributed by atoms with Crippen molar-refractivity contribution in [3.05, 3.63) is 28.8 Å². The van der Waals surface area contributed by atoms with Gasteiger partial charge in [0.25, 0.3) is 0 Å². The maximum absolute atomic E-state index is 11.6. The van der Waals surface area contributed by atoms with Gasteiger partial charge in [0.2, 0.25) is 0 Å². The molecular weight excluding hydrogens is 290 g/mol. The van der Waals surface area contributed by atoms with Crippen molar-refractivity contribution >= 4 is 33.1 Å². The van der Waals surface area contributed by atoms with Gasteiger partial charge in [0.05, 0.1) is 22.2 Å². The molecule has 0 aromatic heterocycles. The largest absolute Gasteiger partial charge is 0.478 e. The van der Waals surface area contributed by atoms with Gasteiger partial charge in [0.15, 0.2) is 9.84 Å². The number of rotatable bonds is 2. The number of aromatic carboxylic acids is 1. The Labute approximate surface area is 116 Å². The lowest BCUT2D eigenvalue weighted by Crippen LogP contribution is -2.28. The summed E-state index contributed by atoms with van der Waals surface area (Å²) in [5.74, 6) is -0.918. The summed E-state index contributed by atoms with van der Waals surface area (Å²) >= 11 is 5.91. The third-order valence-corrected chi connectivity index (χ3v) is 5.13. The minimum atomic E-state index is -3.03. The fraction of sp³-hybridized carbons (Fsp3) is 0.417. The molecule has 1 fully saturated rings. The van der Waals surface area contributed by atoms with Crippen molar-refractivity contribution in [2.45, 2.75) is 6.42 Å². The Kier molecular flexibility index (Phi) is 4.01. The third kappa shape index (κ3) is 3.19. The second-order valence-electron chi connectivity index (χ2n) is 4.43. The number of carbonyl (C=O) groups is 1. The molecule has 0 amide bonds. The van der Waals surface area contributed by atoms with Crippen molar-refractivity contribution < 1.29 is 18.3 Å². The van der Waals surface area contributed by atoms with E-state index in [1.807, 2.05) is 0 Å². The van der Waals surface area contributed by atoms with Crippen molar-refractivity contribution in [2.75, 3.05) is 29.5 Å². The van der Waals surface area contributed by atoms with Crippen LogP contribution in [0.25, 0.3) is 0 Å². The molecule has 1 aliphatic rings. The van der Waals surface area contributed by atoms with E-state index >= 15 is 0 Å². The first-order valence-electron chi connectivity index (χ1n) is 5.88. The second kappa shape index (κ2) is 5.38. The molecule has 0 radical (unpaired) electrons. The summed E-state index contributed by atoms with van der Waals surface area (Å²) in [6, 6.07) is 4.85. The molecule has 2 rings (SSSR count). The predicted molar refractivity (Wildman–Crippen MR) is 73.9 cm³/mol. The van der Waals surface area contributed by atoms with E-state index < -0.39 is 15.8 Å². The Bertz CT molecular complexity index is 600. The van der Waals surface area contributed by atoms with Gasteiger partial charge in [-0.25, -0.2) is 13.2 Å². The average molecular weight is 304 g/mol. The van der Waals surface area contributed by atoms with Crippen molar-refractivity contribution in [3.63, 3.8) is 0 Å². The summed E-state index contributed by atoms with van der Waals surface area (Å²) in [5.41, 5.74) is 0.514. The highest BCUT2D eigenvalue weighted by atomic mass is 35.5. The maximum Gasteiger partial charge on any atom is 0.339 e. The van der Waals surface area contributed by atoms with Gasteiger partial charge in [0, 0.05) is 13.1 Å². The molecule has 0 bridgehead atoms. The molecule has 0 spiro atoms. The smallest absolute Gasteiger partial charge is 0.339 e. The molecule has 104 valence electrons. The number of hydrogen-bond acceptors (Lipinski definition) is 4. The zero-order valence-electron chi connectivity index (χ0n) is 10.2. The van der Waals surface area contributed by atoms with Gasteiger partial charge in [-0.3, -0.25) is 0 Å². The number of anilines is 1. The van der Waals surface area contributed by atoms with E-state index in [2.05, 4.69) is 0 Å². The monoisotopic (exact) mass is 303 g/mol. The van der Waals surface area contributed by atoms with E-state index in [0.717, 1.165) is 0 Å². The molecular formula is C12H14ClNO4S. The second-order valence-corrected chi connectivity index (χ2v) is 7.14. The molecule has 0 atom stereocenters. The topological polar surface area (TPSA) is 74.7 Å². The SMILES string of the molecule is O=C(O)c1c(Cl)cccc1N1CCCS(=O)(=O)CC1. The Morgan fingerprint density at radius 3 is 2.68 bits per heavy atom. The number of halogens is 1. The van der Waals surface area contributed by atoms with Crippen LogP contribution in [0, 0.1) is 0 Å². The lowest BCUT2D eigenvalue weighted by molar-refractivity contribution is 0.0697. The van der Waals surface area contributed by atoms with E-state index in [1.165, 1.54) is 6.07 Å². The summed E-state index contributed by atoms with van der Waals surface area (Å²) in [4.78, 5) is 13.0. The fourth-order valence-corrected chi connectivity index (χ4v) is 3.69. The van der Waals surface area contributed by atoms with E-state index in [-0.39, 0.29) is 22.1 Å². The van der Waals surface area contributed by atoms with E-state index in [0.29, 0.717) is 25.2 Å². The minimum Gasteiger partial charge on any atom is -0.478 e. The van der Waals surface area contributed by atoms with Gasteiger partial charge in [-0.05, 0) is 18.6 Å². The lowest BCUT2D eigenvalue weighted by Gasteiger charge is -2.24. The summed E-state index contributed by atoms with van der Waals surface area (Å²) in [7, 11) is -3.03. The molecule has 1 aromatic rings. The number of carboxylic acid groups (broad SMARTS) is 1. The summed E-state index contributed by atoms with van der Waals surface area (Å²) < 4.78 is 23.1. The van der Waals surface area contributed by atoms with Crippen LogP contribution in [0.2, 0.25) is 5.02 Å². The number of nitrogens with zero attached hydrogens (tertiary/aromatic N) is 1. The average Bonchev–Trinajstić information content (AvgIpc) is 2.49. The van der Waals surface area contributed by atoms with Crippen LogP contribution >= 0.6 is 11.6 Å². The van der Waals surface area contributed by atoms with E-state index in [9.17, 15) is 18.3 Å². The van der Waals surface area contributed by atoms with Crippen LogP contribution in [-0.2, 0) is 9.84 Å². The molecule has 0 aliphatic carbocycles. The molecule has 1 saturated heterocycles. The van der Waals surface area contributed by atoms with Crippen molar-refractivity contribution in [1.82, 2.24) is 0 Å². The lowest BCUT2D eigenvalue weighted by atomic mass is 10.1. The third-order valence-electron chi connectivity index (χ3n) is 3.10. The molecule has 5 nitrogen and oxygen atoms in total. The quantitative estimate of drug-likeness (QED) is 0.899. The van der Waals surface area contributed by atoms with Crippen LogP contribution in [0.5, 0.6) is 0 Å². The molecule has 1 N–H and O–H groups in total. The minimum absolute atomic E-state index is 0.0310. The predicted octanol–water partition coefficient (Wildman–Crippen LogP) is 1.66. The molecule has 0 saturated carbocycles. The Morgan fingerprint density at radius 1 is 1.26 bits per heavy atom. The van der Waals surface area contributed by atoms with Crippen molar-refractivity contribution in [3.8, 4) is 0 Å². The van der Waals surface area contributed by atoms with Crippen molar-refractivity contribution in [1.29, 1.82) is 0 Å². The van der Waals surface area contributed by atoms with Crippen LogP contribution in [0.1, 0.15) is 16.8 Å². The maximum atomic E-state index is 11.6. The van der Waals surface area contributed by atoms with Crippen LogP contribution in [0.15, 0.2) is 18.2 Å². The van der Waals surface area contributed by atoms with E-state index in [4.69, 9.17) is 11.6 Å². The molecule has 1 heterocycles. The first-order valence-corrected chi connectivity index (χ1v) is 8.08. The fourth-order valence-electron chi connectivity index (χ4n) is 2.17. The number of hydrogen-bond donors (Lipinski definition) is 1. The van der Waals surface area contributed by atoms with Crippen LogP contribution in [0.3, 0.4) is 0 Å². The van der Waals surface area contributed by atoms with Crippen LogP contribution in [-0.4, -0.2) is 44.1 Å². The van der Waals surface area contributed by atoms with Crippen LogP contribution in [0.4, 0.5) is 5.69 Å². The summed E-state index contributed by atoms with van der Waals surface area (Å²) in [5, 5.41) is 9.38. The molecule has 1 aliphatic heterocycles. The Balaban J connectivity index is 2.37. The van der Waals surface area contributed by atoms with Gasteiger partial charge in [0.1, 0.15) is 5.56 Å². The highest BCUT2D eigenvalue weighted by molar-refractivity contribution is 7.91. The summed E-state index contributed by atoms with van der Waals surface area (Å²) in [6.45, 7) is 0.808. The Hall–Kier alpha value is -1.27. The highest BCUT2D eigenvalue weighted by Crippen LogP contribution is 2.28. The van der Waals surface area contributed by atoms with Gasteiger partial charge < -0.3 is 10.0 Å². The number of sulfone groups is 1. The van der Waals surface area contributed by atoms with Gasteiger partial charge in [-0.2, -0.15) is 0 Å². The summed E-state index contributed by atoms with van der Waals surface area (Å²) in [6.07, 6.45) is 0.494. The number of carboxylic acids is 1. The first kappa shape index (κ1) is 14.1. The zero-order chi connectivity index (χ0) is 14.0. The molecule has 1 aromatic carbocycles. The van der Waals surface area contributed by atoms with Gasteiger partial charge in [-0.1, -0.05) is 17.7 Å². The van der Waals surface area contributed by atoms with Crippen molar-refractivity contribution in [2.24, 2.45) is 0 Å². The molecule has 0 unspecified atom stereocenters. The highest BCUT2D eigenvalue weighted by Gasteiger charge is 2.23. The number of benzene rings is 1. The molecule has 19 heavy (non-hydrogen) atoms. The zero-order valence-corrected chi connectivity index (χ0v) is 11.7. The molecule has 7 heteroatoms. The standard InChI is InChI=1S/C12H14ClNO4S/c13-9-3-1-4-10(11(9)12(15)16)14-5-2-7-19(17,18)8-6-14/h1,3-4H,2,5-8H2,(H,15,16).